The van der Waals surface area contributed by atoms with Crippen LogP contribution in [0.25, 0.3) is 0 Å². The van der Waals surface area contributed by atoms with Gasteiger partial charge in [-0.2, -0.15) is 5.11 Å². The lowest BCUT2D eigenvalue weighted by Crippen LogP contribution is -2.38. The molecule has 2 heterocycles. The first-order valence-electron chi connectivity index (χ1n) is 17.3. The van der Waals surface area contributed by atoms with E-state index in [4.69, 9.17) is 10.3 Å². The largest absolute Gasteiger partial charge is 0.487 e. The van der Waals surface area contributed by atoms with Crippen molar-refractivity contribution in [3.8, 4) is 5.75 Å². The first kappa shape index (κ1) is 36.9. The van der Waals surface area contributed by atoms with Crippen molar-refractivity contribution < 1.29 is 14.3 Å². The van der Waals surface area contributed by atoms with Gasteiger partial charge < -0.3 is 25.7 Å². The fraction of sp³-hybridized carbons (Fsp3) is 0.385. The summed E-state index contributed by atoms with van der Waals surface area (Å²) >= 11 is 0. The van der Waals surface area contributed by atoms with E-state index in [0.717, 1.165) is 51.4 Å². The highest BCUT2D eigenvalue weighted by Crippen LogP contribution is 2.46. The molecular formula is C39H49N9O3. The number of nitrogens with one attached hydrogen (secondary N) is 4. The van der Waals surface area contributed by atoms with Gasteiger partial charge in [-0.15, -0.1) is 0 Å². The highest BCUT2D eigenvalue weighted by Gasteiger charge is 2.40. The van der Waals surface area contributed by atoms with E-state index in [0.29, 0.717) is 31.0 Å². The molecule has 51 heavy (non-hydrogen) atoms. The number of ether oxygens (including phenoxy) is 1. The minimum absolute atomic E-state index is 0.0176. The van der Waals surface area contributed by atoms with Crippen molar-refractivity contribution in [2.75, 3.05) is 43.2 Å². The van der Waals surface area contributed by atoms with E-state index in [1.807, 2.05) is 64.1 Å². The Morgan fingerprint density at radius 3 is 2.49 bits per heavy atom. The lowest BCUT2D eigenvalue weighted by atomic mass is 9.69. The summed E-state index contributed by atoms with van der Waals surface area (Å²) in [7, 11) is 3.26. The third-order valence-corrected chi connectivity index (χ3v) is 9.48. The number of fused-ring (bicyclic) bond motifs is 1. The molecule has 268 valence electrons. The molecule has 0 fully saturated rings. The normalized spacial score (nSPS) is 15.0. The average molecular weight is 692 g/mol. The Balaban J connectivity index is 1.55. The second kappa shape index (κ2) is 15.7. The third-order valence-electron chi connectivity index (χ3n) is 9.48. The lowest BCUT2D eigenvalue weighted by molar-refractivity contribution is -0.124. The molecule has 5 rings (SSSR count). The zero-order valence-electron chi connectivity index (χ0n) is 30.8. The van der Waals surface area contributed by atoms with Gasteiger partial charge in [0.05, 0.1) is 41.4 Å². The molecular weight excluding hydrogens is 642 g/mol. The number of amides is 2. The van der Waals surface area contributed by atoms with Crippen LogP contribution in [-0.2, 0) is 11.3 Å². The SMILES string of the molecule is CCNc1ccc([C@H](c2ccc(C)c(CN3C[C@@H](CC)Oc4ccccc4N3)c2)C(C)(C)C(=O)Nc2cnc(C(=O)N(C)C)nc2)c(C)c1N=N. The van der Waals surface area contributed by atoms with Gasteiger partial charge in [0.15, 0.2) is 0 Å². The van der Waals surface area contributed by atoms with E-state index < -0.39 is 11.3 Å². The summed E-state index contributed by atoms with van der Waals surface area (Å²) in [6.07, 6.45) is 3.78. The molecule has 12 heteroatoms. The van der Waals surface area contributed by atoms with Gasteiger partial charge in [-0.05, 0) is 73.2 Å². The highest BCUT2D eigenvalue weighted by molar-refractivity contribution is 5.96. The molecule has 1 aromatic heterocycles. The van der Waals surface area contributed by atoms with Crippen molar-refractivity contribution in [2.45, 2.75) is 66.5 Å². The number of benzene rings is 3. The maximum absolute atomic E-state index is 14.3. The molecule has 0 unspecified atom stereocenters. The number of carbonyl (C=O) groups is 2. The van der Waals surface area contributed by atoms with Gasteiger partial charge in [0.1, 0.15) is 17.5 Å². The van der Waals surface area contributed by atoms with Gasteiger partial charge in [0.2, 0.25) is 11.7 Å². The van der Waals surface area contributed by atoms with Crippen molar-refractivity contribution in [3.63, 3.8) is 0 Å². The predicted molar refractivity (Wildman–Crippen MR) is 201 cm³/mol. The van der Waals surface area contributed by atoms with Crippen LogP contribution in [0.3, 0.4) is 0 Å². The molecule has 12 nitrogen and oxygen atoms in total. The molecule has 0 bridgehead atoms. The van der Waals surface area contributed by atoms with Crippen LogP contribution in [0.1, 0.15) is 78.5 Å². The van der Waals surface area contributed by atoms with Gasteiger partial charge >= 0.3 is 0 Å². The van der Waals surface area contributed by atoms with Crippen molar-refractivity contribution in [3.05, 3.63) is 101 Å². The molecule has 1 aliphatic heterocycles. The quantitative estimate of drug-likeness (QED) is 0.111. The summed E-state index contributed by atoms with van der Waals surface area (Å²) in [5.41, 5.74) is 18.1. The number of hydrazine groups is 1. The zero-order chi connectivity index (χ0) is 36.9. The molecule has 4 N–H and O–H groups in total. The summed E-state index contributed by atoms with van der Waals surface area (Å²) in [5, 5.41) is 12.4. The smallest absolute Gasteiger partial charge is 0.291 e. The van der Waals surface area contributed by atoms with Crippen LogP contribution in [0.4, 0.5) is 22.7 Å². The van der Waals surface area contributed by atoms with E-state index in [9.17, 15) is 9.59 Å². The average Bonchev–Trinajstić information content (AvgIpc) is 3.29. The van der Waals surface area contributed by atoms with Crippen molar-refractivity contribution in [1.29, 1.82) is 5.53 Å². The van der Waals surface area contributed by atoms with E-state index in [-0.39, 0.29) is 23.7 Å². The minimum atomic E-state index is -1.02. The summed E-state index contributed by atoms with van der Waals surface area (Å²) < 4.78 is 6.33. The van der Waals surface area contributed by atoms with Gasteiger partial charge in [-0.3, -0.25) is 9.59 Å². The Labute approximate surface area is 300 Å². The van der Waals surface area contributed by atoms with Crippen molar-refractivity contribution in [1.82, 2.24) is 19.9 Å². The molecule has 0 spiro atoms. The molecule has 0 saturated heterocycles. The maximum atomic E-state index is 14.3. The lowest BCUT2D eigenvalue weighted by Gasteiger charge is -2.36. The number of para-hydroxylation sites is 2. The zero-order valence-corrected chi connectivity index (χ0v) is 30.8. The van der Waals surface area contributed by atoms with Crippen molar-refractivity contribution in [2.24, 2.45) is 10.5 Å². The molecule has 3 aromatic carbocycles. The van der Waals surface area contributed by atoms with Gasteiger partial charge in [-0.1, -0.05) is 57.2 Å². The summed E-state index contributed by atoms with van der Waals surface area (Å²) in [5.74, 6) is -0.134. The molecule has 0 aliphatic carbocycles. The highest BCUT2D eigenvalue weighted by atomic mass is 16.5. The summed E-state index contributed by atoms with van der Waals surface area (Å²) in [4.78, 5) is 36.5. The van der Waals surface area contributed by atoms with E-state index in [1.165, 1.54) is 17.3 Å². The van der Waals surface area contributed by atoms with Crippen LogP contribution in [0.5, 0.6) is 5.75 Å². The van der Waals surface area contributed by atoms with E-state index >= 15 is 0 Å². The number of nitrogens with zero attached hydrogens (tertiary/aromatic N) is 5. The Morgan fingerprint density at radius 1 is 1.10 bits per heavy atom. The number of aromatic nitrogens is 2. The fourth-order valence-electron chi connectivity index (χ4n) is 6.52. The molecule has 2 atom stereocenters. The first-order valence-corrected chi connectivity index (χ1v) is 17.3. The van der Waals surface area contributed by atoms with Crippen molar-refractivity contribution >= 4 is 34.6 Å². The Bertz CT molecular complexity index is 1890. The van der Waals surface area contributed by atoms with Crippen LogP contribution in [0.15, 0.2) is 72.1 Å². The molecule has 1 aliphatic rings. The molecule has 2 amide bonds. The minimum Gasteiger partial charge on any atom is -0.487 e. The number of carbonyl (C=O) groups excluding carboxylic acids is 2. The number of anilines is 3. The number of hydrogen-bond acceptors (Lipinski definition) is 10. The number of rotatable bonds is 12. The maximum Gasteiger partial charge on any atom is 0.291 e. The van der Waals surface area contributed by atoms with Crippen LogP contribution in [0, 0.1) is 24.8 Å². The second-order valence-electron chi connectivity index (χ2n) is 13.7. The van der Waals surface area contributed by atoms with Gasteiger partial charge in [-0.25, -0.2) is 20.5 Å². The van der Waals surface area contributed by atoms with Crippen LogP contribution in [0.2, 0.25) is 0 Å². The standard InChI is InChI=1S/C39H49N9O3/c1-9-29-23-48(46-31-13-11-12-14-33(31)51-29)22-27-19-26(16-15-24(27)3)34(30-17-18-32(41-10-2)35(45-40)25(30)4)39(5,6)38(50)44-28-20-42-36(43-21-28)37(49)47(7)8/h11-21,29,34,40-41,46H,9-10,22-23H2,1-8H3,(H,44,50)/t29-,34+/m1/s1. The number of aryl methyl sites for hydroxylation is 1. The van der Waals surface area contributed by atoms with Crippen LogP contribution in [-0.4, -0.2) is 65.0 Å². The number of hydrogen-bond donors (Lipinski definition) is 4. The Kier molecular flexibility index (Phi) is 11.3. The monoisotopic (exact) mass is 691 g/mol. The molecule has 0 radical (unpaired) electrons. The predicted octanol–water partition coefficient (Wildman–Crippen LogP) is 7.69. The topological polar surface area (TPSA) is 148 Å². The Morgan fingerprint density at radius 2 is 1.82 bits per heavy atom. The fourth-order valence-corrected chi connectivity index (χ4v) is 6.52. The second-order valence-corrected chi connectivity index (χ2v) is 13.7. The Hall–Kier alpha value is -5.36. The van der Waals surface area contributed by atoms with Crippen LogP contribution < -0.4 is 20.8 Å². The van der Waals surface area contributed by atoms with Gasteiger partial charge in [0.25, 0.3) is 5.91 Å². The van der Waals surface area contributed by atoms with E-state index in [2.05, 4.69) is 68.2 Å². The first-order chi connectivity index (χ1) is 24.4. The molecule has 4 aromatic rings. The summed E-state index contributed by atoms with van der Waals surface area (Å²) in [6.45, 7) is 14.0. The van der Waals surface area contributed by atoms with E-state index in [1.54, 1.807) is 14.1 Å². The molecule has 0 saturated carbocycles. The summed E-state index contributed by atoms with van der Waals surface area (Å²) in [6, 6.07) is 18.3. The van der Waals surface area contributed by atoms with Gasteiger partial charge in [0, 0.05) is 33.1 Å². The van der Waals surface area contributed by atoms with Crippen LogP contribution >= 0.6 is 0 Å². The third kappa shape index (κ3) is 8.01.